The van der Waals surface area contributed by atoms with E-state index in [-0.39, 0.29) is 0 Å². The Labute approximate surface area is 150 Å². The average molecular weight is 375 g/mol. The van der Waals surface area contributed by atoms with E-state index in [1.807, 2.05) is 6.07 Å². The fraction of sp³-hybridized carbons (Fsp3) is 0.176. The molecule has 0 aliphatic carbocycles. The second kappa shape index (κ2) is 6.81. The molecule has 0 fully saturated rings. The molecule has 3 rings (SSSR count). The third-order valence-electron chi connectivity index (χ3n) is 3.70. The number of benzene rings is 2. The van der Waals surface area contributed by atoms with Crippen LogP contribution in [0.1, 0.15) is 6.92 Å². The molecular formula is C17H17N3O3S2. The number of rotatable bonds is 5. The molecule has 2 aromatic carbocycles. The quantitative estimate of drug-likeness (QED) is 0.743. The molecule has 3 aromatic rings. The Balaban J connectivity index is 1.86. The van der Waals surface area contributed by atoms with E-state index in [0.29, 0.717) is 11.4 Å². The topological polar surface area (TPSA) is 79.4 Å². The van der Waals surface area contributed by atoms with E-state index in [1.54, 1.807) is 54.9 Å². The summed E-state index contributed by atoms with van der Waals surface area (Å²) in [6.45, 7) is 1.56. The zero-order valence-corrected chi connectivity index (χ0v) is 15.3. The lowest BCUT2D eigenvalue weighted by Crippen LogP contribution is -2.45. The molecule has 0 radical (unpaired) electrons. The molecule has 1 N–H and O–H groups in total. The predicted octanol–water partition coefficient (Wildman–Crippen LogP) is 3.09. The number of nitrogens with zero attached hydrogens (tertiary/aromatic N) is 2. The molecule has 0 saturated carbocycles. The summed E-state index contributed by atoms with van der Waals surface area (Å²) in [5, 5.41) is 2.77. The van der Waals surface area contributed by atoms with Gasteiger partial charge in [0.1, 0.15) is 6.04 Å². The third-order valence-corrected chi connectivity index (χ3v) is 5.75. The lowest BCUT2D eigenvalue weighted by atomic mass is 10.2. The number of aromatic nitrogens is 1. The van der Waals surface area contributed by atoms with Crippen LogP contribution in [0.3, 0.4) is 0 Å². The third kappa shape index (κ3) is 3.80. The van der Waals surface area contributed by atoms with Gasteiger partial charge in [-0.1, -0.05) is 18.2 Å². The highest BCUT2D eigenvalue weighted by Crippen LogP contribution is 2.23. The lowest BCUT2D eigenvalue weighted by Gasteiger charge is -2.28. The van der Waals surface area contributed by atoms with Crippen molar-refractivity contribution < 1.29 is 13.2 Å². The zero-order valence-electron chi connectivity index (χ0n) is 13.7. The minimum Gasteiger partial charge on any atom is -0.324 e. The van der Waals surface area contributed by atoms with Crippen molar-refractivity contribution in [3.05, 3.63) is 54.0 Å². The SMILES string of the molecule is CC(C(=O)Nc1ccc2scnc2c1)N(c1ccccc1)S(C)(=O)=O. The minimum absolute atomic E-state index is 0.413. The van der Waals surface area contributed by atoms with Gasteiger partial charge in [-0.25, -0.2) is 13.4 Å². The maximum absolute atomic E-state index is 12.6. The first-order valence-corrected chi connectivity index (χ1v) is 10.3. The summed E-state index contributed by atoms with van der Waals surface area (Å²) in [4.78, 5) is 16.8. The van der Waals surface area contributed by atoms with Gasteiger partial charge in [0.2, 0.25) is 15.9 Å². The Morgan fingerprint density at radius 3 is 2.60 bits per heavy atom. The summed E-state index contributed by atoms with van der Waals surface area (Å²) in [5.74, 6) is -0.413. The second-order valence-electron chi connectivity index (χ2n) is 5.59. The number of carbonyl (C=O) groups excluding carboxylic acids is 1. The van der Waals surface area contributed by atoms with Gasteiger partial charge in [0, 0.05) is 5.69 Å². The average Bonchev–Trinajstić information content (AvgIpc) is 3.02. The number of anilines is 2. The van der Waals surface area contributed by atoms with Crippen LogP contribution in [-0.4, -0.2) is 31.6 Å². The monoisotopic (exact) mass is 375 g/mol. The van der Waals surface area contributed by atoms with Crippen LogP contribution in [0.2, 0.25) is 0 Å². The highest BCUT2D eigenvalue weighted by atomic mass is 32.2. The summed E-state index contributed by atoms with van der Waals surface area (Å²) in [6, 6.07) is 13.1. The van der Waals surface area contributed by atoms with E-state index in [2.05, 4.69) is 10.3 Å². The molecule has 0 saturated heterocycles. The molecule has 130 valence electrons. The molecule has 0 spiro atoms. The number of para-hydroxylation sites is 1. The van der Waals surface area contributed by atoms with Crippen LogP contribution in [0, 0.1) is 0 Å². The second-order valence-corrected chi connectivity index (χ2v) is 8.34. The van der Waals surface area contributed by atoms with E-state index in [1.165, 1.54) is 11.3 Å². The van der Waals surface area contributed by atoms with Gasteiger partial charge in [-0.05, 0) is 37.3 Å². The van der Waals surface area contributed by atoms with Gasteiger partial charge in [0.15, 0.2) is 0 Å². The molecule has 1 amide bonds. The molecule has 1 heterocycles. The number of hydrogen-bond donors (Lipinski definition) is 1. The van der Waals surface area contributed by atoms with Crippen LogP contribution in [0.25, 0.3) is 10.2 Å². The Hall–Kier alpha value is -2.45. The molecule has 0 bridgehead atoms. The fourth-order valence-electron chi connectivity index (χ4n) is 2.57. The summed E-state index contributed by atoms with van der Waals surface area (Å²) in [6.07, 6.45) is 1.09. The van der Waals surface area contributed by atoms with Crippen LogP contribution in [-0.2, 0) is 14.8 Å². The first-order valence-electron chi connectivity index (χ1n) is 7.55. The molecule has 0 aliphatic rings. The number of hydrogen-bond acceptors (Lipinski definition) is 5. The molecule has 8 heteroatoms. The van der Waals surface area contributed by atoms with Gasteiger partial charge >= 0.3 is 0 Å². The predicted molar refractivity (Wildman–Crippen MR) is 101 cm³/mol. The van der Waals surface area contributed by atoms with Crippen molar-refractivity contribution in [2.45, 2.75) is 13.0 Å². The Morgan fingerprint density at radius 1 is 1.20 bits per heavy atom. The number of amides is 1. The Morgan fingerprint density at radius 2 is 1.92 bits per heavy atom. The van der Waals surface area contributed by atoms with Crippen molar-refractivity contribution in [1.82, 2.24) is 4.98 Å². The molecule has 1 atom stereocenters. The highest BCUT2D eigenvalue weighted by molar-refractivity contribution is 7.92. The van der Waals surface area contributed by atoms with E-state index in [9.17, 15) is 13.2 Å². The van der Waals surface area contributed by atoms with Crippen molar-refractivity contribution in [1.29, 1.82) is 0 Å². The van der Waals surface area contributed by atoms with Crippen molar-refractivity contribution in [2.24, 2.45) is 0 Å². The van der Waals surface area contributed by atoms with Crippen molar-refractivity contribution in [2.75, 3.05) is 15.9 Å². The van der Waals surface area contributed by atoms with Crippen LogP contribution in [0.4, 0.5) is 11.4 Å². The fourth-order valence-corrected chi connectivity index (χ4v) is 4.40. The highest BCUT2D eigenvalue weighted by Gasteiger charge is 2.29. The molecule has 1 unspecified atom stereocenters. The Bertz CT molecular complexity index is 1000. The summed E-state index contributed by atoms with van der Waals surface area (Å²) < 4.78 is 26.6. The standard InChI is InChI=1S/C17H17N3O3S2/c1-12(20(25(2,22)23)14-6-4-3-5-7-14)17(21)19-13-8-9-16-15(10-13)18-11-24-16/h3-12H,1-2H3,(H,19,21). The van der Waals surface area contributed by atoms with E-state index < -0.39 is 22.0 Å². The smallest absolute Gasteiger partial charge is 0.247 e. The maximum atomic E-state index is 12.6. The largest absolute Gasteiger partial charge is 0.324 e. The van der Waals surface area contributed by atoms with Crippen LogP contribution >= 0.6 is 11.3 Å². The molecule has 0 aliphatic heterocycles. The first kappa shape index (κ1) is 17.4. The summed E-state index contributed by atoms with van der Waals surface area (Å²) >= 11 is 1.52. The lowest BCUT2D eigenvalue weighted by molar-refractivity contribution is -0.116. The van der Waals surface area contributed by atoms with Crippen molar-refractivity contribution in [3.63, 3.8) is 0 Å². The summed E-state index contributed by atoms with van der Waals surface area (Å²) in [5.41, 5.74) is 3.55. The summed E-state index contributed by atoms with van der Waals surface area (Å²) in [7, 11) is -3.62. The van der Waals surface area contributed by atoms with E-state index >= 15 is 0 Å². The van der Waals surface area contributed by atoms with Crippen molar-refractivity contribution in [3.8, 4) is 0 Å². The number of carbonyl (C=O) groups is 1. The Kier molecular flexibility index (Phi) is 4.73. The number of thiazole rings is 1. The first-order chi connectivity index (χ1) is 11.9. The van der Waals surface area contributed by atoms with E-state index in [4.69, 9.17) is 0 Å². The van der Waals surface area contributed by atoms with Gasteiger partial charge in [-0.3, -0.25) is 9.10 Å². The molecule has 25 heavy (non-hydrogen) atoms. The zero-order chi connectivity index (χ0) is 18.0. The van der Waals surface area contributed by atoms with Crippen LogP contribution in [0.15, 0.2) is 54.0 Å². The number of fused-ring (bicyclic) bond motifs is 1. The minimum atomic E-state index is -3.62. The molecular weight excluding hydrogens is 358 g/mol. The normalized spacial score (nSPS) is 12.7. The number of sulfonamides is 1. The van der Waals surface area contributed by atoms with Gasteiger partial charge in [0.25, 0.3) is 0 Å². The van der Waals surface area contributed by atoms with Crippen molar-refractivity contribution >= 4 is 48.9 Å². The number of nitrogens with one attached hydrogen (secondary N) is 1. The van der Waals surface area contributed by atoms with Crippen LogP contribution in [0.5, 0.6) is 0 Å². The maximum Gasteiger partial charge on any atom is 0.247 e. The van der Waals surface area contributed by atoms with Gasteiger partial charge in [-0.2, -0.15) is 0 Å². The molecule has 1 aromatic heterocycles. The van der Waals surface area contributed by atoms with Gasteiger partial charge in [-0.15, -0.1) is 11.3 Å². The van der Waals surface area contributed by atoms with E-state index in [0.717, 1.165) is 20.8 Å². The molecule has 6 nitrogen and oxygen atoms in total. The van der Waals surface area contributed by atoms with Gasteiger partial charge in [0.05, 0.1) is 27.7 Å². The van der Waals surface area contributed by atoms with Gasteiger partial charge < -0.3 is 5.32 Å². The van der Waals surface area contributed by atoms with Crippen LogP contribution < -0.4 is 9.62 Å².